The van der Waals surface area contributed by atoms with E-state index in [-0.39, 0.29) is 12.9 Å². The van der Waals surface area contributed by atoms with Crippen LogP contribution in [0.1, 0.15) is 12.8 Å². The summed E-state index contributed by atoms with van der Waals surface area (Å²) in [6.45, 7) is 1.97. The fraction of sp³-hybridized carbons (Fsp3) is 0.333. The molecule has 2 aliphatic heterocycles. The third kappa shape index (κ3) is 3.06. The molecule has 2 aliphatic rings. The molecule has 3 heterocycles. The Morgan fingerprint density at radius 3 is 2.78 bits per heavy atom. The maximum absolute atomic E-state index is 5.78. The second-order valence-electron chi connectivity index (χ2n) is 7.01. The number of rotatable bonds is 4. The third-order valence-electron chi connectivity index (χ3n) is 5.18. The molecule has 0 spiro atoms. The summed E-state index contributed by atoms with van der Waals surface area (Å²) in [4.78, 5) is 11.2. The molecule has 0 saturated carbocycles. The normalized spacial score (nSPS) is 18.2. The Labute approximate surface area is 157 Å². The lowest BCUT2D eigenvalue weighted by Gasteiger charge is -2.23. The second-order valence-corrected chi connectivity index (χ2v) is 7.01. The van der Waals surface area contributed by atoms with Gasteiger partial charge < -0.3 is 19.1 Å². The molecule has 3 aromatic rings. The van der Waals surface area contributed by atoms with Crippen LogP contribution in [0.25, 0.3) is 22.0 Å². The molecule has 138 valence electrons. The van der Waals surface area contributed by atoms with Crippen molar-refractivity contribution in [2.24, 2.45) is 0 Å². The molecule has 1 unspecified atom stereocenters. The number of aromatic nitrogens is 2. The minimum Gasteiger partial charge on any atom is -0.454 e. The highest BCUT2D eigenvalue weighted by Crippen LogP contribution is 2.37. The molecule has 1 aromatic heterocycles. The van der Waals surface area contributed by atoms with E-state index in [1.807, 2.05) is 24.3 Å². The summed E-state index contributed by atoms with van der Waals surface area (Å²) in [5, 5.41) is 1.04. The van der Waals surface area contributed by atoms with Crippen LogP contribution in [0, 0.1) is 0 Å². The molecule has 6 heteroatoms. The monoisotopic (exact) mass is 363 g/mol. The zero-order chi connectivity index (χ0) is 18.2. The van der Waals surface area contributed by atoms with E-state index in [0.29, 0.717) is 0 Å². The van der Waals surface area contributed by atoms with Crippen LogP contribution in [0.3, 0.4) is 0 Å². The summed E-state index contributed by atoms with van der Waals surface area (Å²) in [5.74, 6) is 2.51. The number of nitrogens with zero attached hydrogens (tertiary/aromatic N) is 3. The number of anilines is 1. The van der Waals surface area contributed by atoms with Gasteiger partial charge >= 0.3 is 0 Å². The molecule has 1 saturated heterocycles. The molecule has 2 aromatic carbocycles. The molecule has 5 rings (SSSR count). The van der Waals surface area contributed by atoms with E-state index < -0.39 is 0 Å². The van der Waals surface area contributed by atoms with E-state index >= 15 is 0 Å². The van der Waals surface area contributed by atoms with Crippen molar-refractivity contribution in [1.29, 1.82) is 0 Å². The lowest BCUT2D eigenvalue weighted by Crippen LogP contribution is -2.29. The van der Waals surface area contributed by atoms with Crippen LogP contribution in [0.15, 0.2) is 42.7 Å². The summed E-state index contributed by atoms with van der Waals surface area (Å²) in [5.41, 5.74) is 3.11. The van der Waals surface area contributed by atoms with E-state index in [1.165, 1.54) is 0 Å². The Morgan fingerprint density at radius 1 is 1.04 bits per heavy atom. The van der Waals surface area contributed by atoms with E-state index in [1.54, 1.807) is 6.33 Å². The van der Waals surface area contributed by atoms with Crippen molar-refractivity contribution in [2.45, 2.75) is 18.9 Å². The molecular formula is C21H21N3O3. The van der Waals surface area contributed by atoms with Crippen LogP contribution in [-0.4, -0.2) is 43.1 Å². The summed E-state index contributed by atoms with van der Waals surface area (Å²) >= 11 is 0. The Hall–Kier alpha value is -2.86. The van der Waals surface area contributed by atoms with Gasteiger partial charge in [-0.1, -0.05) is 12.1 Å². The van der Waals surface area contributed by atoms with Gasteiger partial charge in [-0.15, -0.1) is 0 Å². The molecule has 0 amide bonds. The molecule has 0 bridgehead atoms. The average Bonchev–Trinajstić information content (AvgIpc) is 3.38. The fourth-order valence-electron chi connectivity index (χ4n) is 3.78. The Kier molecular flexibility index (Phi) is 4.05. The highest BCUT2D eigenvalue weighted by molar-refractivity contribution is 5.93. The molecule has 0 aliphatic carbocycles. The van der Waals surface area contributed by atoms with Crippen LogP contribution >= 0.6 is 0 Å². The first kappa shape index (κ1) is 16.3. The highest BCUT2D eigenvalue weighted by Gasteiger charge is 2.20. The second kappa shape index (κ2) is 6.70. The maximum Gasteiger partial charge on any atom is 0.231 e. The van der Waals surface area contributed by atoms with Crippen LogP contribution in [-0.2, 0) is 4.74 Å². The van der Waals surface area contributed by atoms with Gasteiger partial charge in [-0.25, -0.2) is 9.97 Å². The van der Waals surface area contributed by atoms with Gasteiger partial charge in [-0.2, -0.15) is 0 Å². The van der Waals surface area contributed by atoms with Gasteiger partial charge in [-0.3, -0.25) is 0 Å². The lowest BCUT2D eigenvalue weighted by molar-refractivity contribution is 0.116. The van der Waals surface area contributed by atoms with Gasteiger partial charge in [0.1, 0.15) is 12.1 Å². The summed E-state index contributed by atoms with van der Waals surface area (Å²) in [7, 11) is 2.07. The van der Waals surface area contributed by atoms with Crippen molar-refractivity contribution in [3.63, 3.8) is 0 Å². The van der Waals surface area contributed by atoms with Gasteiger partial charge in [0, 0.05) is 25.6 Å². The molecule has 1 atom stereocenters. The van der Waals surface area contributed by atoms with Crippen molar-refractivity contribution in [3.05, 3.63) is 42.7 Å². The number of hydrogen-bond acceptors (Lipinski definition) is 6. The summed E-state index contributed by atoms with van der Waals surface area (Å²) in [6.07, 6.45) is 4.15. The Balaban J connectivity index is 1.52. The Bertz CT molecular complexity index is 986. The van der Waals surface area contributed by atoms with Gasteiger partial charge in [0.2, 0.25) is 6.79 Å². The SMILES string of the molecule is CN(CC1CCCO1)c1ncnc2ccc(-c3ccc4c(c3)OCO4)cc12. The topological polar surface area (TPSA) is 56.7 Å². The highest BCUT2D eigenvalue weighted by atomic mass is 16.7. The summed E-state index contributed by atoms with van der Waals surface area (Å²) in [6, 6.07) is 12.3. The molecule has 1 fully saturated rings. The predicted octanol–water partition coefficient (Wildman–Crippen LogP) is 3.64. The molecule has 0 radical (unpaired) electrons. The van der Waals surface area contributed by atoms with Crippen molar-refractivity contribution in [1.82, 2.24) is 9.97 Å². The number of benzene rings is 2. The van der Waals surface area contributed by atoms with Crippen LogP contribution in [0.5, 0.6) is 11.5 Å². The molecule has 27 heavy (non-hydrogen) atoms. The number of likely N-dealkylation sites (N-methyl/N-ethyl adjacent to an activating group) is 1. The van der Waals surface area contributed by atoms with Crippen LogP contribution in [0.2, 0.25) is 0 Å². The summed E-state index contributed by atoms with van der Waals surface area (Å²) < 4.78 is 16.7. The van der Waals surface area contributed by atoms with Gasteiger partial charge in [0.05, 0.1) is 11.6 Å². The molecule has 0 N–H and O–H groups in total. The average molecular weight is 363 g/mol. The first-order valence-electron chi connectivity index (χ1n) is 9.25. The van der Waals surface area contributed by atoms with Crippen molar-refractivity contribution < 1.29 is 14.2 Å². The third-order valence-corrected chi connectivity index (χ3v) is 5.18. The van der Waals surface area contributed by atoms with Gasteiger partial charge in [0.15, 0.2) is 11.5 Å². The molecular weight excluding hydrogens is 342 g/mol. The van der Waals surface area contributed by atoms with Crippen LogP contribution in [0.4, 0.5) is 5.82 Å². The lowest BCUT2D eigenvalue weighted by atomic mass is 10.0. The van der Waals surface area contributed by atoms with E-state index in [0.717, 1.165) is 65.3 Å². The number of hydrogen-bond donors (Lipinski definition) is 0. The smallest absolute Gasteiger partial charge is 0.231 e. The van der Waals surface area contributed by atoms with Gasteiger partial charge in [-0.05, 0) is 48.2 Å². The quantitative estimate of drug-likeness (QED) is 0.705. The first-order chi connectivity index (χ1) is 13.3. The van der Waals surface area contributed by atoms with Crippen molar-refractivity contribution in [2.75, 3.05) is 31.9 Å². The van der Waals surface area contributed by atoms with Crippen LogP contribution < -0.4 is 14.4 Å². The van der Waals surface area contributed by atoms with Crippen molar-refractivity contribution >= 4 is 16.7 Å². The van der Waals surface area contributed by atoms with E-state index in [2.05, 4.69) is 34.0 Å². The predicted molar refractivity (Wildman–Crippen MR) is 103 cm³/mol. The zero-order valence-corrected chi connectivity index (χ0v) is 15.2. The van der Waals surface area contributed by atoms with E-state index in [9.17, 15) is 0 Å². The molecule has 6 nitrogen and oxygen atoms in total. The fourth-order valence-corrected chi connectivity index (χ4v) is 3.78. The Morgan fingerprint density at radius 2 is 1.89 bits per heavy atom. The standard InChI is InChI=1S/C21H21N3O3/c1-24(11-16-3-2-8-25-16)21-17-9-14(4-6-18(17)22-12-23-21)15-5-7-19-20(10-15)27-13-26-19/h4-7,9-10,12,16H,2-3,8,11,13H2,1H3. The zero-order valence-electron chi connectivity index (χ0n) is 15.2. The largest absolute Gasteiger partial charge is 0.454 e. The first-order valence-corrected chi connectivity index (χ1v) is 9.25. The van der Waals surface area contributed by atoms with Gasteiger partial charge in [0.25, 0.3) is 0 Å². The number of ether oxygens (including phenoxy) is 3. The van der Waals surface area contributed by atoms with Crippen molar-refractivity contribution in [3.8, 4) is 22.6 Å². The van der Waals surface area contributed by atoms with E-state index in [4.69, 9.17) is 14.2 Å². The minimum absolute atomic E-state index is 0.275. The maximum atomic E-state index is 5.78. The minimum atomic E-state index is 0.275. The number of fused-ring (bicyclic) bond motifs is 2.